The average molecular weight is 591 g/mol. The molecule has 11 nitrogen and oxygen atoms in total. The van der Waals surface area contributed by atoms with Gasteiger partial charge in [0, 0.05) is 36.3 Å². The van der Waals surface area contributed by atoms with Crippen molar-refractivity contribution in [3.8, 4) is 34.8 Å². The molecule has 2 saturated carbocycles. The van der Waals surface area contributed by atoms with Crippen molar-refractivity contribution in [2.24, 2.45) is 5.92 Å². The molecule has 3 aromatic heterocycles. The van der Waals surface area contributed by atoms with Crippen LogP contribution in [-0.2, 0) is 4.79 Å². The first-order valence-corrected chi connectivity index (χ1v) is 14.1. The Morgan fingerprint density at radius 1 is 1.21 bits per heavy atom. The molecule has 42 heavy (non-hydrogen) atoms. The van der Waals surface area contributed by atoms with Crippen LogP contribution < -0.4 is 15.0 Å². The van der Waals surface area contributed by atoms with E-state index < -0.39 is 23.6 Å². The molecule has 4 heterocycles. The van der Waals surface area contributed by atoms with Gasteiger partial charge in [-0.1, -0.05) is 17.3 Å². The van der Waals surface area contributed by atoms with Gasteiger partial charge < -0.3 is 4.74 Å². The van der Waals surface area contributed by atoms with E-state index in [0.717, 1.165) is 30.2 Å². The first-order chi connectivity index (χ1) is 20.3. The number of piperazine rings is 1. The lowest BCUT2D eigenvalue weighted by Crippen LogP contribution is -2.59. The Labute approximate surface area is 243 Å². The second kappa shape index (κ2) is 11.0. The molecule has 1 saturated heterocycles. The zero-order chi connectivity index (χ0) is 29.4. The van der Waals surface area contributed by atoms with Crippen LogP contribution in [0.1, 0.15) is 53.2 Å². The maximum atomic E-state index is 13.7. The Morgan fingerprint density at radius 2 is 2.02 bits per heavy atom. The summed E-state index contributed by atoms with van der Waals surface area (Å²) in [5.74, 6) is 6.04. The largest absolute Gasteiger partial charge is 0.494 e. The van der Waals surface area contributed by atoms with Gasteiger partial charge in [0.05, 0.1) is 31.5 Å². The summed E-state index contributed by atoms with van der Waals surface area (Å²) in [6, 6.07) is 4.79. The zero-order valence-corrected chi connectivity index (χ0v) is 23.2. The number of aromatic nitrogens is 4. The van der Waals surface area contributed by atoms with Crippen LogP contribution in [-0.4, -0.2) is 69.2 Å². The average Bonchev–Trinajstić information content (AvgIpc) is 3.93. The lowest BCUT2D eigenvalue weighted by molar-refractivity contribution is -0.127. The third kappa shape index (κ3) is 5.26. The molecule has 0 bridgehead atoms. The number of rotatable bonds is 7. The van der Waals surface area contributed by atoms with Crippen molar-refractivity contribution in [2.75, 3.05) is 37.0 Å². The summed E-state index contributed by atoms with van der Waals surface area (Å²) >= 11 is 1.12. The fourth-order valence-electron chi connectivity index (χ4n) is 4.93. The maximum Gasteiger partial charge on any atom is 0.280 e. The number of hydrogen-bond acceptors (Lipinski definition) is 10. The van der Waals surface area contributed by atoms with E-state index in [4.69, 9.17) is 4.74 Å². The van der Waals surface area contributed by atoms with Gasteiger partial charge in [0.1, 0.15) is 22.8 Å². The Balaban J connectivity index is 1.37. The molecule has 14 heteroatoms. The molecule has 0 radical (unpaired) electrons. The predicted octanol–water partition coefficient (Wildman–Crippen LogP) is 3.66. The molecule has 1 N–H and O–H groups in total. The number of amides is 2. The van der Waals surface area contributed by atoms with E-state index in [1.807, 2.05) is 4.90 Å². The van der Waals surface area contributed by atoms with E-state index >= 15 is 0 Å². The van der Waals surface area contributed by atoms with Gasteiger partial charge in [-0.2, -0.15) is 5.26 Å². The number of anilines is 2. The molecule has 1 spiro atoms. The van der Waals surface area contributed by atoms with Crippen LogP contribution >= 0.6 is 11.3 Å². The van der Waals surface area contributed by atoms with Crippen molar-refractivity contribution < 1.29 is 23.1 Å². The van der Waals surface area contributed by atoms with Crippen molar-refractivity contribution in [3.05, 3.63) is 40.8 Å². The number of hydrogen-bond donors (Lipinski definition) is 1. The number of nitrogens with one attached hydrogen (secondary N) is 1. The molecular weight excluding hydrogens is 566 g/mol. The van der Waals surface area contributed by atoms with Crippen molar-refractivity contribution >= 4 is 34.1 Å². The number of nitrogens with zero attached hydrogens (tertiary/aromatic N) is 7. The number of ether oxygens (including phenoxy) is 1. The molecule has 1 aliphatic heterocycles. The second-order valence-corrected chi connectivity index (χ2v) is 11.2. The number of halogens is 2. The van der Waals surface area contributed by atoms with E-state index in [-0.39, 0.29) is 52.4 Å². The first-order valence-electron chi connectivity index (χ1n) is 13.3. The molecule has 6 rings (SSSR count). The predicted molar refractivity (Wildman–Crippen MR) is 148 cm³/mol. The fraction of sp³-hybridized carbons (Fsp3) is 0.393. The monoisotopic (exact) mass is 590 g/mol. The molecule has 0 aromatic carbocycles. The molecule has 0 unspecified atom stereocenters. The van der Waals surface area contributed by atoms with Gasteiger partial charge in [0.25, 0.3) is 12.3 Å². The van der Waals surface area contributed by atoms with Gasteiger partial charge in [0.2, 0.25) is 11.0 Å². The minimum Gasteiger partial charge on any atom is -0.494 e. The summed E-state index contributed by atoms with van der Waals surface area (Å²) in [5.41, 5.74) is -0.811. The molecule has 3 aromatic rings. The number of alkyl halides is 2. The Kier molecular flexibility index (Phi) is 7.26. The summed E-state index contributed by atoms with van der Waals surface area (Å²) < 4.78 is 32.8. The van der Waals surface area contributed by atoms with E-state index in [0.29, 0.717) is 30.3 Å². The van der Waals surface area contributed by atoms with E-state index in [1.54, 1.807) is 0 Å². The van der Waals surface area contributed by atoms with Gasteiger partial charge >= 0.3 is 0 Å². The number of carbonyl (C=O) groups is 2. The summed E-state index contributed by atoms with van der Waals surface area (Å²) in [6.07, 6.45) is 2.98. The summed E-state index contributed by atoms with van der Waals surface area (Å²) in [6.45, 7) is 0.878. The summed E-state index contributed by atoms with van der Waals surface area (Å²) in [7, 11) is 1.37. The smallest absolute Gasteiger partial charge is 0.280 e. The molecule has 3 fully saturated rings. The Bertz CT molecular complexity index is 1670. The first kappa shape index (κ1) is 27.6. The highest BCUT2D eigenvalue weighted by atomic mass is 32.1. The van der Waals surface area contributed by atoms with E-state index in [1.165, 1.54) is 30.5 Å². The van der Waals surface area contributed by atoms with Crippen molar-refractivity contribution in [3.63, 3.8) is 0 Å². The van der Waals surface area contributed by atoms with Crippen LogP contribution in [0.3, 0.4) is 0 Å². The van der Waals surface area contributed by atoms with E-state index in [2.05, 4.69) is 43.4 Å². The van der Waals surface area contributed by atoms with Crippen LogP contribution in [0.25, 0.3) is 11.1 Å². The van der Waals surface area contributed by atoms with Crippen molar-refractivity contribution in [1.29, 1.82) is 5.26 Å². The SMILES string of the molecule is COc1cnc(C(F)F)cc1-c1cc(N2CCN(CC#N)C3(CC3)C2=O)ncc1C(=O)Nc1nnc(C#CC2CC2)s1. The minimum atomic E-state index is -2.87. The summed E-state index contributed by atoms with van der Waals surface area (Å²) in [5, 5.41) is 20.6. The third-order valence-corrected chi connectivity index (χ3v) is 8.22. The van der Waals surface area contributed by atoms with Crippen LogP contribution in [0, 0.1) is 29.1 Å². The van der Waals surface area contributed by atoms with E-state index in [9.17, 15) is 23.6 Å². The Hall–Kier alpha value is -4.53. The van der Waals surface area contributed by atoms with Crippen LogP contribution in [0.5, 0.6) is 5.75 Å². The van der Waals surface area contributed by atoms with Crippen LogP contribution in [0.4, 0.5) is 19.7 Å². The molecular formula is C28H24F2N8O3S. The highest BCUT2D eigenvalue weighted by Gasteiger charge is 2.58. The third-order valence-electron chi connectivity index (χ3n) is 7.47. The van der Waals surface area contributed by atoms with Gasteiger partial charge in [-0.3, -0.25) is 29.7 Å². The standard InChI is InChI=1S/C28H24F2N8O3S/c1-41-21-15-32-20(24(29)30)12-18(21)17-13-22(38-11-10-37(9-8-31)28(6-7-28)26(38)40)33-14-19(17)25(39)34-27-36-35-23(42-27)5-4-16-2-3-16/h12-16,24H,2-3,6-7,9-11H2,1H3,(H,34,36,39). The van der Waals surface area contributed by atoms with Gasteiger partial charge in [0.15, 0.2) is 5.01 Å². The second-order valence-electron chi connectivity index (χ2n) is 10.2. The topological polar surface area (TPSA) is 137 Å². The highest BCUT2D eigenvalue weighted by Crippen LogP contribution is 2.46. The van der Waals surface area contributed by atoms with Gasteiger partial charge in [-0.25, -0.2) is 13.8 Å². The lowest BCUT2D eigenvalue weighted by Gasteiger charge is -2.39. The zero-order valence-electron chi connectivity index (χ0n) is 22.4. The quantitative estimate of drug-likeness (QED) is 0.323. The molecule has 3 aliphatic rings. The van der Waals surface area contributed by atoms with Crippen molar-refractivity contribution in [1.82, 2.24) is 25.1 Å². The highest BCUT2D eigenvalue weighted by molar-refractivity contribution is 7.15. The number of nitriles is 1. The molecule has 2 aliphatic carbocycles. The lowest BCUT2D eigenvalue weighted by atomic mass is 9.99. The normalized spacial score (nSPS) is 17.5. The number of carbonyl (C=O) groups excluding carboxylic acids is 2. The number of pyridine rings is 2. The Morgan fingerprint density at radius 3 is 2.71 bits per heavy atom. The minimum absolute atomic E-state index is 0.0426. The molecule has 214 valence electrons. The van der Waals surface area contributed by atoms with Gasteiger partial charge in [-0.15, -0.1) is 10.2 Å². The number of methoxy groups -OCH3 is 1. The molecule has 0 atom stereocenters. The van der Waals surface area contributed by atoms with Gasteiger partial charge in [-0.05, 0) is 43.7 Å². The molecule has 2 amide bonds. The van der Waals surface area contributed by atoms with Crippen LogP contribution in [0.15, 0.2) is 24.5 Å². The van der Waals surface area contributed by atoms with Crippen molar-refractivity contribution in [2.45, 2.75) is 37.6 Å². The fourth-order valence-corrected chi connectivity index (χ4v) is 5.53. The van der Waals surface area contributed by atoms with Crippen LogP contribution in [0.2, 0.25) is 0 Å². The summed E-state index contributed by atoms with van der Waals surface area (Å²) in [4.78, 5) is 38.7. The maximum absolute atomic E-state index is 13.7.